The summed E-state index contributed by atoms with van der Waals surface area (Å²) in [6.07, 6.45) is 1.90. The van der Waals surface area contributed by atoms with E-state index in [0.29, 0.717) is 13.2 Å². The minimum Gasteiger partial charge on any atom is -0.489 e. The van der Waals surface area contributed by atoms with Crippen molar-refractivity contribution in [1.82, 2.24) is 0 Å². The van der Waals surface area contributed by atoms with E-state index in [0.717, 1.165) is 34.9 Å². The normalized spacial score (nSPS) is 13.2. The van der Waals surface area contributed by atoms with Crippen LogP contribution in [-0.4, -0.2) is 13.2 Å². The van der Waals surface area contributed by atoms with Gasteiger partial charge in [0.25, 0.3) is 0 Å². The number of ether oxygens (including phenoxy) is 2. The minimum absolute atomic E-state index is 0.547. The van der Waals surface area contributed by atoms with Gasteiger partial charge in [-0.3, -0.25) is 0 Å². The van der Waals surface area contributed by atoms with E-state index in [4.69, 9.17) is 9.47 Å². The zero-order valence-electron chi connectivity index (χ0n) is 15.6. The van der Waals surface area contributed by atoms with Crippen LogP contribution in [0.4, 0.5) is 0 Å². The summed E-state index contributed by atoms with van der Waals surface area (Å²) in [5.74, 6) is 1.86. The van der Waals surface area contributed by atoms with Gasteiger partial charge in [-0.1, -0.05) is 48.5 Å². The Morgan fingerprint density at radius 3 is 1.50 bits per heavy atom. The Balaban J connectivity index is 1.89. The Kier molecular flexibility index (Phi) is 4.71. The molecule has 1 aliphatic heterocycles. The number of benzene rings is 4. The molecular weight excluding hydrogens is 382 g/mol. The van der Waals surface area contributed by atoms with Gasteiger partial charge in [-0.25, -0.2) is 0 Å². The number of hydrogen-bond donors (Lipinski definition) is 0. The monoisotopic (exact) mass is 404 g/mol. The van der Waals surface area contributed by atoms with E-state index in [1.807, 2.05) is 0 Å². The Hall–Kier alpha value is -2.14. The first-order valence-corrected chi connectivity index (χ1v) is 11.2. The number of rotatable bonds is 2. The second-order valence-corrected chi connectivity index (χ2v) is 7.91. The van der Waals surface area contributed by atoms with Crippen molar-refractivity contribution in [3.63, 3.8) is 0 Å². The molecule has 2 unspecified atom stereocenters. The van der Waals surface area contributed by atoms with Crippen LogP contribution in [0.1, 0.15) is 11.1 Å². The maximum atomic E-state index is 6.11. The molecule has 0 N–H and O–H groups in total. The number of fused-ring (bicyclic) bond motifs is 7. The Bertz CT molecular complexity index is 1110. The smallest absolute Gasteiger partial charge is 0.128 e. The second kappa shape index (κ2) is 7.36. The molecule has 28 heavy (non-hydrogen) atoms. The van der Waals surface area contributed by atoms with Crippen LogP contribution < -0.4 is 9.47 Å². The molecule has 0 saturated carbocycles. The molecule has 0 radical (unpaired) electrons. The minimum atomic E-state index is 0.547. The van der Waals surface area contributed by atoms with Crippen molar-refractivity contribution in [3.8, 4) is 22.6 Å². The zero-order valence-corrected chi connectivity index (χ0v) is 17.9. The maximum Gasteiger partial charge on any atom is 0.128 e. The van der Waals surface area contributed by atoms with Gasteiger partial charge >= 0.3 is 0 Å². The predicted octanol–water partition coefficient (Wildman–Crippen LogP) is 6.18. The van der Waals surface area contributed by atoms with Crippen LogP contribution in [0.2, 0.25) is 0 Å². The maximum absolute atomic E-state index is 6.11. The van der Waals surface area contributed by atoms with Crippen LogP contribution in [0.3, 0.4) is 0 Å². The molecule has 0 amide bonds. The van der Waals surface area contributed by atoms with Crippen LogP contribution in [0.5, 0.6) is 11.5 Å². The van der Waals surface area contributed by atoms with E-state index in [2.05, 4.69) is 79.1 Å². The van der Waals surface area contributed by atoms with Crippen LogP contribution in [0.15, 0.2) is 60.7 Å². The molecule has 0 aromatic heterocycles. The first-order chi connectivity index (χ1) is 13.8. The van der Waals surface area contributed by atoms with Crippen molar-refractivity contribution < 1.29 is 9.47 Å². The summed E-state index contributed by atoms with van der Waals surface area (Å²) in [4.78, 5) is 0. The third-order valence-corrected chi connectivity index (χ3v) is 6.35. The highest BCUT2D eigenvalue weighted by Gasteiger charge is 2.21. The van der Waals surface area contributed by atoms with Gasteiger partial charge in [-0.05, 0) is 57.1 Å². The van der Waals surface area contributed by atoms with Crippen molar-refractivity contribution in [1.29, 1.82) is 0 Å². The lowest BCUT2D eigenvalue weighted by molar-refractivity contribution is 0.215. The highest BCUT2D eigenvalue weighted by Crippen LogP contribution is 2.46. The van der Waals surface area contributed by atoms with Crippen molar-refractivity contribution in [2.45, 2.75) is 12.3 Å². The average Bonchev–Trinajstić information content (AvgIpc) is 2.73. The SMILES string of the molecule is PCc1ccc2c3c(ccc2c1)OCCOc1ccc2cc(CP)ccc2c1-3. The van der Waals surface area contributed by atoms with Crippen LogP contribution in [0.25, 0.3) is 32.7 Å². The third-order valence-electron chi connectivity index (χ3n) is 5.41. The Morgan fingerprint density at radius 1 is 0.607 bits per heavy atom. The Morgan fingerprint density at radius 2 is 1.07 bits per heavy atom. The molecule has 4 heteroatoms. The van der Waals surface area contributed by atoms with Crippen molar-refractivity contribution in [3.05, 3.63) is 71.8 Å². The molecule has 5 rings (SSSR count). The van der Waals surface area contributed by atoms with E-state index in [-0.39, 0.29) is 0 Å². The van der Waals surface area contributed by atoms with Crippen molar-refractivity contribution in [2.24, 2.45) is 0 Å². The summed E-state index contributed by atoms with van der Waals surface area (Å²) in [6.45, 7) is 1.09. The quantitative estimate of drug-likeness (QED) is 0.372. The van der Waals surface area contributed by atoms with Gasteiger partial charge in [0.15, 0.2) is 0 Å². The molecule has 2 nitrogen and oxygen atoms in total. The topological polar surface area (TPSA) is 18.5 Å². The molecule has 1 heterocycles. The summed E-state index contributed by atoms with van der Waals surface area (Å²) in [5.41, 5.74) is 4.88. The van der Waals surface area contributed by atoms with E-state index in [1.54, 1.807) is 0 Å². The molecule has 0 bridgehead atoms. The fourth-order valence-electron chi connectivity index (χ4n) is 4.03. The van der Waals surface area contributed by atoms with E-state index >= 15 is 0 Å². The molecule has 0 fully saturated rings. The first-order valence-electron chi connectivity index (χ1n) is 9.56. The first kappa shape index (κ1) is 17.9. The van der Waals surface area contributed by atoms with Crippen molar-refractivity contribution in [2.75, 3.05) is 13.2 Å². The average molecular weight is 404 g/mol. The zero-order chi connectivity index (χ0) is 19.1. The molecule has 2 atom stereocenters. The molecule has 0 aliphatic carbocycles. The standard InChI is InChI=1S/C24H22O2P2/c27-13-15-1-5-19-17(11-15)3-7-21-23(19)24-20-6-2-16(14-28)12-18(20)4-8-22(24)26-10-9-25-21/h1-8,11-12H,9-10,13-14,27-28H2. The van der Waals surface area contributed by atoms with E-state index in [1.165, 1.54) is 32.7 Å². The van der Waals surface area contributed by atoms with E-state index < -0.39 is 0 Å². The van der Waals surface area contributed by atoms with E-state index in [9.17, 15) is 0 Å². The third kappa shape index (κ3) is 2.96. The van der Waals surface area contributed by atoms with Gasteiger partial charge in [-0.2, -0.15) is 0 Å². The van der Waals surface area contributed by atoms with Gasteiger partial charge in [0, 0.05) is 11.1 Å². The summed E-state index contributed by atoms with van der Waals surface area (Å²) >= 11 is 0. The fraction of sp³-hybridized carbons (Fsp3) is 0.167. The lowest BCUT2D eigenvalue weighted by Gasteiger charge is -2.22. The largest absolute Gasteiger partial charge is 0.489 e. The van der Waals surface area contributed by atoms with Crippen LogP contribution in [0, 0.1) is 0 Å². The van der Waals surface area contributed by atoms with Gasteiger partial charge in [-0.15, -0.1) is 18.5 Å². The molecule has 1 aliphatic rings. The summed E-state index contributed by atoms with van der Waals surface area (Å²) in [5, 5.41) is 4.86. The molecular formula is C24H22O2P2. The lowest BCUT2D eigenvalue weighted by Crippen LogP contribution is -2.13. The highest BCUT2D eigenvalue weighted by atomic mass is 31.0. The highest BCUT2D eigenvalue weighted by molar-refractivity contribution is 7.15. The van der Waals surface area contributed by atoms with Crippen molar-refractivity contribution >= 4 is 40.0 Å². The fourth-order valence-corrected chi connectivity index (χ4v) is 4.54. The molecule has 4 aromatic rings. The molecule has 0 spiro atoms. The van der Waals surface area contributed by atoms with Gasteiger partial charge in [0.1, 0.15) is 24.7 Å². The lowest BCUT2D eigenvalue weighted by atomic mass is 9.91. The predicted molar refractivity (Wildman–Crippen MR) is 125 cm³/mol. The second-order valence-electron chi connectivity index (χ2n) is 7.09. The van der Waals surface area contributed by atoms with Gasteiger partial charge in [0.05, 0.1) is 0 Å². The number of hydrogen-bond acceptors (Lipinski definition) is 2. The molecule has 4 aromatic carbocycles. The summed E-state index contributed by atoms with van der Waals surface area (Å²) in [6, 6.07) is 21.9. The van der Waals surface area contributed by atoms with Crippen LogP contribution >= 0.6 is 18.5 Å². The van der Waals surface area contributed by atoms with Crippen LogP contribution in [-0.2, 0) is 12.3 Å². The molecule has 140 valence electrons. The summed E-state index contributed by atoms with van der Waals surface area (Å²) < 4.78 is 12.2. The van der Waals surface area contributed by atoms with Gasteiger partial charge in [0.2, 0.25) is 0 Å². The molecule has 0 saturated heterocycles. The Labute approximate surface area is 169 Å². The van der Waals surface area contributed by atoms with Gasteiger partial charge < -0.3 is 9.47 Å². The summed E-state index contributed by atoms with van der Waals surface area (Å²) in [7, 11) is 5.61.